The summed E-state index contributed by atoms with van der Waals surface area (Å²) < 4.78 is 0. The normalized spacial score (nSPS) is 13.8. The lowest BCUT2D eigenvalue weighted by Crippen LogP contribution is -2.29. The van der Waals surface area contributed by atoms with Crippen LogP contribution in [0.2, 0.25) is 5.02 Å². The number of aromatic nitrogens is 1. The van der Waals surface area contributed by atoms with Gasteiger partial charge in [-0.3, -0.25) is 14.6 Å². The average Bonchev–Trinajstić information content (AvgIpc) is 3.11. The number of nitrogens with zero attached hydrogens (tertiary/aromatic N) is 2. The Bertz CT molecular complexity index is 784. The summed E-state index contributed by atoms with van der Waals surface area (Å²) in [6.07, 6.45) is 3.91. The molecule has 1 aliphatic heterocycles. The first-order valence-electron chi connectivity index (χ1n) is 8.33. The van der Waals surface area contributed by atoms with E-state index in [1.54, 1.807) is 24.4 Å². The lowest BCUT2D eigenvalue weighted by molar-refractivity contribution is -0.115. The third-order valence-corrected chi connectivity index (χ3v) is 4.45. The minimum Gasteiger partial charge on any atom is -0.339 e. The molecule has 1 aromatic heterocycles. The number of benzene rings is 1. The Morgan fingerprint density at radius 2 is 1.96 bits per heavy atom. The van der Waals surface area contributed by atoms with Crippen molar-refractivity contribution < 1.29 is 9.59 Å². The van der Waals surface area contributed by atoms with Gasteiger partial charge in [0.05, 0.1) is 17.7 Å². The zero-order chi connectivity index (χ0) is 17.8. The molecule has 2 heterocycles. The van der Waals surface area contributed by atoms with Crippen molar-refractivity contribution in [2.24, 2.45) is 0 Å². The van der Waals surface area contributed by atoms with Crippen LogP contribution in [0.25, 0.3) is 0 Å². The molecule has 0 unspecified atom stereocenters. The number of halogens is 1. The number of pyridine rings is 1. The summed E-state index contributed by atoms with van der Waals surface area (Å²) in [7, 11) is 0. The molecule has 5 nitrogen and oxygen atoms in total. The molecule has 2 amide bonds. The van der Waals surface area contributed by atoms with Crippen LogP contribution in [0.3, 0.4) is 0 Å². The number of likely N-dealkylation sites (tertiary alicyclic amines) is 1. The molecule has 1 saturated heterocycles. The molecule has 3 rings (SSSR count). The minimum atomic E-state index is -0.205. The largest absolute Gasteiger partial charge is 0.339 e. The highest BCUT2D eigenvalue weighted by Crippen LogP contribution is 2.24. The van der Waals surface area contributed by atoms with Crippen LogP contribution in [0.5, 0.6) is 0 Å². The Labute approximate surface area is 152 Å². The highest BCUT2D eigenvalue weighted by Gasteiger charge is 2.22. The molecule has 1 aromatic carbocycles. The van der Waals surface area contributed by atoms with E-state index in [2.05, 4.69) is 10.3 Å². The van der Waals surface area contributed by atoms with Gasteiger partial charge in [-0.15, -0.1) is 0 Å². The number of hydrogen-bond acceptors (Lipinski definition) is 3. The van der Waals surface area contributed by atoms with Crippen molar-refractivity contribution in [1.82, 2.24) is 9.88 Å². The number of carbonyl (C=O) groups excluding carboxylic acids is 2. The first-order chi connectivity index (χ1) is 12.0. The van der Waals surface area contributed by atoms with Crippen LogP contribution in [0.4, 0.5) is 5.69 Å². The molecule has 25 heavy (non-hydrogen) atoms. The fourth-order valence-electron chi connectivity index (χ4n) is 2.88. The average molecular weight is 358 g/mol. The molecule has 2 aromatic rings. The number of nitrogens with one attached hydrogen (secondary N) is 1. The van der Waals surface area contributed by atoms with Crippen molar-refractivity contribution in [2.45, 2.75) is 26.2 Å². The van der Waals surface area contributed by atoms with Gasteiger partial charge in [-0.25, -0.2) is 0 Å². The summed E-state index contributed by atoms with van der Waals surface area (Å²) >= 11 is 6.06. The topological polar surface area (TPSA) is 62.3 Å². The van der Waals surface area contributed by atoms with Crippen molar-refractivity contribution >= 4 is 29.1 Å². The van der Waals surface area contributed by atoms with E-state index < -0.39 is 0 Å². The molecule has 1 aliphatic rings. The Kier molecular flexibility index (Phi) is 5.34. The summed E-state index contributed by atoms with van der Waals surface area (Å²) in [6.45, 7) is 3.40. The van der Waals surface area contributed by atoms with Crippen molar-refractivity contribution in [1.29, 1.82) is 0 Å². The van der Waals surface area contributed by atoms with E-state index in [-0.39, 0.29) is 18.2 Å². The smallest absolute Gasteiger partial charge is 0.255 e. The Morgan fingerprint density at radius 3 is 2.64 bits per heavy atom. The zero-order valence-electron chi connectivity index (χ0n) is 14.1. The summed E-state index contributed by atoms with van der Waals surface area (Å²) in [5, 5.41) is 3.30. The Morgan fingerprint density at radius 1 is 1.20 bits per heavy atom. The second-order valence-electron chi connectivity index (χ2n) is 6.22. The van der Waals surface area contributed by atoms with Crippen LogP contribution < -0.4 is 5.32 Å². The van der Waals surface area contributed by atoms with Gasteiger partial charge in [0, 0.05) is 30.0 Å². The highest BCUT2D eigenvalue weighted by molar-refractivity contribution is 6.31. The van der Waals surface area contributed by atoms with Gasteiger partial charge in [-0.05, 0) is 49.6 Å². The van der Waals surface area contributed by atoms with Crippen LogP contribution in [0, 0.1) is 6.92 Å². The van der Waals surface area contributed by atoms with Gasteiger partial charge in [0.2, 0.25) is 5.91 Å². The summed E-state index contributed by atoms with van der Waals surface area (Å²) in [4.78, 5) is 31.0. The number of aryl methyl sites for hydroxylation is 1. The lowest BCUT2D eigenvalue weighted by atomic mass is 10.1. The quantitative estimate of drug-likeness (QED) is 0.911. The maximum atomic E-state index is 12.7. The van der Waals surface area contributed by atoms with E-state index in [1.807, 2.05) is 24.0 Å². The maximum Gasteiger partial charge on any atom is 0.255 e. The SMILES string of the molecule is Cc1ccc(CC(=O)Nc2cc(Cl)ccc2C(=O)N2CCCC2)cn1. The Balaban J connectivity index is 1.76. The number of anilines is 1. The van der Waals surface area contributed by atoms with Gasteiger partial charge in [0.25, 0.3) is 5.91 Å². The first-order valence-corrected chi connectivity index (χ1v) is 8.71. The van der Waals surface area contributed by atoms with Gasteiger partial charge in [-0.2, -0.15) is 0 Å². The van der Waals surface area contributed by atoms with Crippen LogP contribution in [0.15, 0.2) is 36.5 Å². The molecule has 0 bridgehead atoms. The van der Waals surface area contributed by atoms with E-state index in [9.17, 15) is 9.59 Å². The highest BCUT2D eigenvalue weighted by atomic mass is 35.5. The van der Waals surface area contributed by atoms with E-state index in [0.29, 0.717) is 16.3 Å². The monoisotopic (exact) mass is 357 g/mol. The van der Waals surface area contributed by atoms with Crippen molar-refractivity contribution in [3.8, 4) is 0 Å². The molecule has 1 N–H and O–H groups in total. The second-order valence-corrected chi connectivity index (χ2v) is 6.66. The van der Waals surface area contributed by atoms with E-state index >= 15 is 0 Å². The summed E-state index contributed by atoms with van der Waals surface area (Å²) in [5.41, 5.74) is 2.64. The molecule has 0 saturated carbocycles. The van der Waals surface area contributed by atoms with Crippen molar-refractivity contribution in [3.05, 3.63) is 58.4 Å². The maximum absolute atomic E-state index is 12.7. The molecule has 0 aliphatic carbocycles. The second kappa shape index (κ2) is 7.66. The molecule has 130 valence electrons. The number of amides is 2. The standard InChI is InChI=1S/C19H20ClN3O2/c1-13-4-5-14(12-21-13)10-18(24)22-17-11-15(20)6-7-16(17)19(25)23-8-2-3-9-23/h4-7,11-12H,2-3,8-10H2,1H3,(H,22,24). The molecule has 0 atom stereocenters. The van der Waals surface area contributed by atoms with Crippen molar-refractivity contribution in [3.63, 3.8) is 0 Å². The summed E-state index contributed by atoms with van der Waals surface area (Å²) in [6, 6.07) is 8.70. The Hall–Kier alpha value is -2.40. The van der Waals surface area contributed by atoms with E-state index in [1.165, 1.54) is 0 Å². The van der Waals surface area contributed by atoms with Crippen LogP contribution >= 0.6 is 11.6 Å². The van der Waals surface area contributed by atoms with E-state index in [4.69, 9.17) is 11.6 Å². The van der Waals surface area contributed by atoms with Gasteiger partial charge < -0.3 is 10.2 Å². The minimum absolute atomic E-state index is 0.0681. The molecule has 0 spiro atoms. The molecular weight excluding hydrogens is 338 g/mol. The number of rotatable bonds is 4. The molecule has 0 radical (unpaired) electrons. The predicted octanol–water partition coefficient (Wildman–Crippen LogP) is 3.46. The lowest BCUT2D eigenvalue weighted by Gasteiger charge is -2.18. The van der Waals surface area contributed by atoms with Crippen LogP contribution in [-0.2, 0) is 11.2 Å². The predicted molar refractivity (Wildman–Crippen MR) is 97.9 cm³/mol. The zero-order valence-corrected chi connectivity index (χ0v) is 14.8. The fraction of sp³-hybridized carbons (Fsp3) is 0.316. The van der Waals surface area contributed by atoms with Crippen molar-refractivity contribution in [2.75, 3.05) is 18.4 Å². The first kappa shape index (κ1) is 17.4. The third kappa shape index (κ3) is 4.37. The summed E-state index contributed by atoms with van der Waals surface area (Å²) in [5.74, 6) is -0.273. The number of carbonyl (C=O) groups is 2. The van der Waals surface area contributed by atoms with Crippen LogP contribution in [-0.4, -0.2) is 34.8 Å². The van der Waals surface area contributed by atoms with Gasteiger partial charge in [-0.1, -0.05) is 17.7 Å². The third-order valence-electron chi connectivity index (χ3n) is 4.22. The molecular formula is C19H20ClN3O2. The molecule has 6 heteroatoms. The number of hydrogen-bond donors (Lipinski definition) is 1. The van der Waals surface area contributed by atoms with Gasteiger partial charge in [0.15, 0.2) is 0 Å². The van der Waals surface area contributed by atoms with Gasteiger partial charge >= 0.3 is 0 Å². The van der Waals surface area contributed by atoms with Crippen LogP contribution in [0.1, 0.15) is 34.5 Å². The van der Waals surface area contributed by atoms with Gasteiger partial charge in [0.1, 0.15) is 0 Å². The van der Waals surface area contributed by atoms with E-state index in [0.717, 1.165) is 37.2 Å². The molecule has 1 fully saturated rings. The fourth-order valence-corrected chi connectivity index (χ4v) is 3.05.